The van der Waals surface area contributed by atoms with Gasteiger partial charge >= 0.3 is 0 Å². The van der Waals surface area contributed by atoms with Crippen LogP contribution in [0, 0.1) is 11.3 Å². The van der Waals surface area contributed by atoms with Crippen LogP contribution >= 0.6 is 11.6 Å². The number of aliphatic hydroxyl groups is 1. The van der Waals surface area contributed by atoms with Gasteiger partial charge in [-0.1, -0.05) is 72.2 Å². The maximum Gasteiger partial charge on any atom is 0.115 e. The molecular weight excluding hydrogens is 382 g/mol. The van der Waals surface area contributed by atoms with E-state index in [1.807, 2.05) is 18.2 Å². The quantitative estimate of drug-likeness (QED) is 0.574. The van der Waals surface area contributed by atoms with E-state index in [2.05, 4.69) is 76.9 Å². The fourth-order valence-electron chi connectivity index (χ4n) is 3.36. The van der Waals surface area contributed by atoms with Crippen molar-refractivity contribution in [2.75, 3.05) is 0 Å². The lowest BCUT2D eigenvalue weighted by atomic mass is 9.77. The Kier molecular flexibility index (Phi) is 5.81. The van der Waals surface area contributed by atoms with Gasteiger partial charge in [0.15, 0.2) is 0 Å². The predicted molar refractivity (Wildman–Crippen MR) is 121 cm³/mol. The van der Waals surface area contributed by atoms with Gasteiger partial charge in [0.1, 0.15) is 11.0 Å². The summed E-state index contributed by atoms with van der Waals surface area (Å²) in [5.41, 5.74) is 4.73. The molecule has 0 saturated heterocycles. The number of aliphatic hydroxyl groups excluding tert-OH is 1. The van der Waals surface area contributed by atoms with Crippen molar-refractivity contribution in [3.05, 3.63) is 52.5 Å². The van der Waals surface area contributed by atoms with Gasteiger partial charge in [-0.15, -0.1) is 10.2 Å². The topological polar surface area (TPSA) is 50.9 Å². The molecule has 0 amide bonds. The van der Waals surface area contributed by atoms with E-state index < -0.39 is 6.10 Å². The Labute approximate surface area is 178 Å². The van der Waals surface area contributed by atoms with Crippen LogP contribution in [0.1, 0.15) is 59.6 Å². The van der Waals surface area contributed by atoms with Crippen molar-refractivity contribution < 1.29 is 5.11 Å². The number of hydrogen-bond donors (Lipinski definition) is 1. The lowest BCUT2D eigenvalue weighted by molar-refractivity contribution is 0.0546. The third-order valence-electron chi connectivity index (χ3n) is 5.88. The molecule has 0 spiro atoms. The standard InChI is InChI=1S/C24H32ClN3O/c1-15(23(2,3)4)22(29)12-16-8-9-17(24(5,6)7)13-21(16)28-26-19-11-10-18(25)14-20(19)27-28/h8-11,13-15,22,29H,12H2,1-7H3. The number of nitrogens with zero attached hydrogens (tertiary/aromatic N) is 3. The summed E-state index contributed by atoms with van der Waals surface area (Å²) >= 11 is 6.13. The molecule has 29 heavy (non-hydrogen) atoms. The van der Waals surface area contributed by atoms with E-state index in [0.717, 1.165) is 22.3 Å². The lowest BCUT2D eigenvalue weighted by Gasteiger charge is -2.32. The van der Waals surface area contributed by atoms with Crippen molar-refractivity contribution >= 4 is 22.6 Å². The van der Waals surface area contributed by atoms with Crippen LogP contribution < -0.4 is 0 Å². The zero-order valence-electron chi connectivity index (χ0n) is 18.5. The van der Waals surface area contributed by atoms with Crippen LogP contribution in [0.2, 0.25) is 5.02 Å². The first-order chi connectivity index (χ1) is 13.4. The van der Waals surface area contributed by atoms with Crippen LogP contribution in [0.4, 0.5) is 0 Å². The Hall–Kier alpha value is -1.91. The Balaban J connectivity index is 2.08. The van der Waals surface area contributed by atoms with Crippen molar-refractivity contribution in [3.63, 3.8) is 0 Å². The van der Waals surface area contributed by atoms with Crippen molar-refractivity contribution in [1.29, 1.82) is 0 Å². The third kappa shape index (κ3) is 4.81. The summed E-state index contributed by atoms with van der Waals surface area (Å²) in [6.07, 6.45) is 0.102. The van der Waals surface area contributed by atoms with E-state index >= 15 is 0 Å². The van der Waals surface area contributed by atoms with E-state index in [4.69, 9.17) is 11.6 Å². The summed E-state index contributed by atoms with van der Waals surface area (Å²) in [4.78, 5) is 1.68. The van der Waals surface area contributed by atoms with Crippen molar-refractivity contribution in [3.8, 4) is 5.69 Å². The molecule has 0 radical (unpaired) electrons. The third-order valence-corrected chi connectivity index (χ3v) is 6.12. The maximum absolute atomic E-state index is 10.9. The van der Waals surface area contributed by atoms with Gasteiger partial charge in [0, 0.05) is 11.4 Å². The molecule has 2 unspecified atom stereocenters. The molecule has 0 aliphatic carbocycles. The molecule has 1 N–H and O–H groups in total. The van der Waals surface area contributed by atoms with Crippen LogP contribution in [0.5, 0.6) is 0 Å². The van der Waals surface area contributed by atoms with Crippen molar-refractivity contribution in [1.82, 2.24) is 15.0 Å². The van der Waals surface area contributed by atoms with Gasteiger partial charge in [-0.25, -0.2) is 0 Å². The molecule has 0 bridgehead atoms. The second-order valence-electron chi connectivity index (χ2n) is 10.1. The Bertz CT molecular complexity index is 1010. The SMILES string of the molecule is CC(C(O)Cc1ccc(C(C)(C)C)cc1-n1nc2ccc(Cl)cc2n1)C(C)(C)C. The molecule has 0 aliphatic heterocycles. The summed E-state index contributed by atoms with van der Waals surface area (Å²) in [5.74, 6) is 0.154. The Morgan fingerprint density at radius 3 is 2.24 bits per heavy atom. The minimum Gasteiger partial charge on any atom is -0.392 e. The van der Waals surface area contributed by atoms with Gasteiger partial charge in [-0.2, -0.15) is 4.80 Å². The minimum atomic E-state index is -0.450. The number of fused-ring (bicyclic) bond motifs is 1. The summed E-state index contributed by atoms with van der Waals surface area (Å²) in [5, 5.41) is 20.9. The molecule has 2 aromatic carbocycles. The first-order valence-electron chi connectivity index (χ1n) is 10.2. The van der Waals surface area contributed by atoms with Crippen LogP contribution in [0.25, 0.3) is 16.7 Å². The zero-order chi connectivity index (χ0) is 21.6. The van der Waals surface area contributed by atoms with Crippen LogP contribution in [0.3, 0.4) is 0 Å². The van der Waals surface area contributed by atoms with E-state index in [1.54, 1.807) is 4.80 Å². The van der Waals surface area contributed by atoms with Crippen LogP contribution in [0.15, 0.2) is 36.4 Å². The first-order valence-corrected chi connectivity index (χ1v) is 10.6. The van der Waals surface area contributed by atoms with Crippen molar-refractivity contribution in [2.45, 2.75) is 66.4 Å². The van der Waals surface area contributed by atoms with Crippen molar-refractivity contribution in [2.24, 2.45) is 11.3 Å². The molecular formula is C24H32ClN3O. The van der Waals surface area contributed by atoms with E-state index in [1.165, 1.54) is 5.56 Å². The molecule has 3 aromatic rings. The van der Waals surface area contributed by atoms with Crippen LogP contribution in [-0.2, 0) is 11.8 Å². The maximum atomic E-state index is 10.9. The average Bonchev–Trinajstić information content (AvgIpc) is 3.02. The summed E-state index contributed by atoms with van der Waals surface area (Å²) in [6.45, 7) is 15.2. The fraction of sp³-hybridized carbons (Fsp3) is 0.500. The largest absolute Gasteiger partial charge is 0.392 e. The Morgan fingerprint density at radius 1 is 0.966 bits per heavy atom. The smallest absolute Gasteiger partial charge is 0.115 e. The number of hydrogen-bond acceptors (Lipinski definition) is 3. The summed E-state index contributed by atoms with van der Waals surface area (Å²) in [7, 11) is 0. The molecule has 0 saturated carbocycles. The van der Waals surface area contributed by atoms with Gasteiger partial charge in [0.25, 0.3) is 0 Å². The van der Waals surface area contributed by atoms with E-state index in [0.29, 0.717) is 11.4 Å². The molecule has 0 aliphatic rings. The van der Waals surface area contributed by atoms with Gasteiger partial charge in [0.05, 0.1) is 11.8 Å². The monoisotopic (exact) mass is 413 g/mol. The highest BCUT2D eigenvalue weighted by molar-refractivity contribution is 6.31. The van der Waals surface area contributed by atoms with E-state index in [9.17, 15) is 5.11 Å². The number of benzene rings is 2. The summed E-state index contributed by atoms with van der Waals surface area (Å²) in [6, 6.07) is 11.9. The highest BCUT2D eigenvalue weighted by atomic mass is 35.5. The highest BCUT2D eigenvalue weighted by Gasteiger charge is 2.28. The highest BCUT2D eigenvalue weighted by Crippen LogP contribution is 2.32. The van der Waals surface area contributed by atoms with Gasteiger partial charge < -0.3 is 5.11 Å². The number of aromatic nitrogens is 3. The lowest BCUT2D eigenvalue weighted by Crippen LogP contribution is -2.31. The van der Waals surface area contributed by atoms with Gasteiger partial charge in [-0.3, -0.25) is 0 Å². The number of rotatable bonds is 4. The molecule has 156 valence electrons. The Morgan fingerprint density at radius 2 is 1.62 bits per heavy atom. The summed E-state index contributed by atoms with van der Waals surface area (Å²) < 4.78 is 0. The van der Waals surface area contributed by atoms with Gasteiger partial charge in [-0.05, 0) is 52.1 Å². The molecule has 5 heteroatoms. The second-order valence-corrected chi connectivity index (χ2v) is 10.6. The first kappa shape index (κ1) is 21.8. The van der Waals surface area contributed by atoms with E-state index in [-0.39, 0.29) is 16.7 Å². The molecule has 4 nitrogen and oxygen atoms in total. The van der Waals surface area contributed by atoms with Gasteiger partial charge in [0.2, 0.25) is 0 Å². The van der Waals surface area contributed by atoms with Crippen LogP contribution in [-0.4, -0.2) is 26.2 Å². The zero-order valence-corrected chi connectivity index (χ0v) is 19.2. The fourth-order valence-corrected chi connectivity index (χ4v) is 3.53. The molecule has 1 aromatic heterocycles. The predicted octanol–water partition coefficient (Wildman–Crippen LogP) is 5.96. The average molecular weight is 414 g/mol. The molecule has 2 atom stereocenters. The molecule has 3 rings (SSSR count). The number of halogens is 1. The minimum absolute atomic E-state index is 0.000477. The molecule has 1 heterocycles. The second kappa shape index (κ2) is 7.73. The molecule has 0 fully saturated rings. The normalized spacial score (nSPS) is 14.9.